The molecule has 0 aliphatic rings. The molecule has 0 saturated heterocycles. The number of rotatable bonds is 4. The molecule has 21 heavy (non-hydrogen) atoms. The highest BCUT2D eigenvalue weighted by molar-refractivity contribution is 9.10. The zero-order valence-electron chi connectivity index (χ0n) is 11.9. The van der Waals surface area contributed by atoms with Crippen LogP contribution in [0.5, 0.6) is 0 Å². The molecule has 2 aromatic carbocycles. The average Bonchev–Trinajstić information content (AvgIpc) is 2.47. The highest BCUT2D eigenvalue weighted by Gasteiger charge is 1.99. The number of aromatic nitrogens is 1. The third kappa shape index (κ3) is 3.69. The molecule has 0 unspecified atom stereocenters. The van der Waals surface area contributed by atoms with E-state index in [1.165, 1.54) is 16.5 Å². The Morgan fingerprint density at radius 3 is 2.57 bits per heavy atom. The number of pyridine rings is 1. The predicted octanol–water partition coefficient (Wildman–Crippen LogP) is 4.60. The number of halogens is 1. The van der Waals surface area contributed by atoms with Crippen LogP contribution in [0.25, 0.3) is 10.9 Å². The van der Waals surface area contributed by atoms with Crippen molar-refractivity contribution in [3.8, 4) is 0 Å². The summed E-state index contributed by atoms with van der Waals surface area (Å²) in [5, 5.41) is 4.68. The Bertz CT molecular complexity index is 768. The average molecular weight is 341 g/mol. The van der Waals surface area contributed by atoms with Crippen LogP contribution in [-0.2, 0) is 13.1 Å². The molecule has 0 amide bonds. The summed E-state index contributed by atoms with van der Waals surface area (Å²) in [6, 6.07) is 19.0. The minimum Gasteiger partial charge on any atom is -0.309 e. The highest BCUT2D eigenvalue weighted by atomic mass is 79.9. The third-order valence-corrected chi connectivity index (χ3v) is 3.93. The lowest BCUT2D eigenvalue weighted by atomic mass is 10.1. The summed E-state index contributed by atoms with van der Waals surface area (Å²) < 4.78 is 1.12. The summed E-state index contributed by atoms with van der Waals surface area (Å²) >= 11 is 3.50. The minimum atomic E-state index is 0.857. The number of hydrogen-bond donors (Lipinski definition) is 1. The van der Waals surface area contributed by atoms with Crippen molar-refractivity contribution in [1.29, 1.82) is 0 Å². The third-order valence-electron chi connectivity index (χ3n) is 3.44. The zero-order chi connectivity index (χ0) is 14.7. The van der Waals surface area contributed by atoms with Gasteiger partial charge in [0, 0.05) is 28.6 Å². The maximum atomic E-state index is 4.53. The van der Waals surface area contributed by atoms with E-state index >= 15 is 0 Å². The van der Waals surface area contributed by atoms with Crippen molar-refractivity contribution in [2.24, 2.45) is 0 Å². The molecular formula is C18H17BrN2. The molecule has 3 rings (SSSR count). The number of nitrogens with one attached hydrogen (secondary N) is 1. The predicted molar refractivity (Wildman–Crippen MR) is 91.2 cm³/mol. The molecule has 0 spiro atoms. The molecule has 1 aromatic heterocycles. The smallest absolute Gasteiger partial charge is 0.0705 e. The van der Waals surface area contributed by atoms with Crippen LogP contribution in [0, 0.1) is 6.92 Å². The second-order valence-electron chi connectivity index (χ2n) is 5.21. The van der Waals surface area contributed by atoms with Gasteiger partial charge in [-0.05, 0) is 48.4 Å². The van der Waals surface area contributed by atoms with E-state index in [2.05, 4.69) is 74.8 Å². The Balaban J connectivity index is 1.66. The van der Waals surface area contributed by atoms with E-state index in [0.29, 0.717) is 0 Å². The fourth-order valence-electron chi connectivity index (χ4n) is 2.38. The van der Waals surface area contributed by atoms with Crippen molar-refractivity contribution in [3.05, 3.63) is 75.9 Å². The number of nitrogens with zero attached hydrogens (tertiary/aromatic N) is 1. The second-order valence-corrected chi connectivity index (χ2v) is 6.13. The normalized spacial score (nSPS) is 11.0. The van der Waals surface area contributed by atoms with Crippen LogP contribution in [0.15, 0.2) is 59.1 Å². The minimum absolute atomic E-state index is 0.857. The van der Waals surface area contributed by atoms with Gasteiger partial charge in [0.2, 0.25) is 0 Å². The molecule has 1 N–H and O–H groups in total. The van der Waals surface area contributed by atoms with Gasteiger partial charge in [0.25, 0.3) is 0 Å². The van der Waals surface area contributed by atoms with Gasteiger partial charge in [0.15, 0.2) is 0 Å². The standard InChI is InChI=1S/C18H17BrN2/c1-13-5-7-16-9-15(6-8-18(16)21-13)12-20-11-14-3-2-4-17(19)10-14/h2-10,20H,11-12H2,1H3. The first-order chi connectivity index (χ1) is 10.2. The fraction of sp³-hybridized carbons (Fsp3) is 0.167. The van der Waals surface area contributed by atoms with Crippen LogP contribution >= 0.6 is 15.9 Å². The zero-order valence-corrected chi connectivity index (χ0v) is 13.5. The van der Waals surface area contributed by atoms with Gasteiger partial charge in [-0.15, -0.1) is 0 Å². The number of benzene rings is 2. The molecule has 0 radical (unpaired) electrons. The summed E-state index contributed by atoms with van der Waals surface area (Å²) in [4.78, 5) is 4.53. The lowest BCUT2D eigenvalue weighted by Gasteiger charge is -2.07. The lowest BCUT2D eigenvalue weighted by Crippen LogP contribution is -2.12. The van der Waals surface area contributed by atoms with Crippen LogP contribution in [0.3, 0.4) is 0 Å². The van der Waals surface area contributed by atoms with Crippen LogP contribution < -0.4 is 5.32 Å². The van der Waals surface area contributed by atoms with E-state index in [-0.39, 0.29) is 0 Å². The molecule has 0 aliphatic carbocycles. The van der Waals surface area contributed by atoms with Gasteiger partial charge in [0.1, 0.15) is 0 Å². The molecule has 0 aliphatic heterocycles. The molecule has 106 valence electrons. The number of hydrogen-bond acceptors (Lipinski definition) is 2. The van der Waals surface area contributed by atoms with Crippen molar-refractivity contribution in [2.45, 2.75) is 20.0 Å². The van der Waals surface area contributed by atoms with Crippen LogP contribution in [0.2, 0.25) is 0 Å². The second kappa shape index (κ2) is 6.37. The topological polar surface area (TPSA) is 24.9 Å². The van der Waals surface area contributed by atoms with Crippen molar-refractivity contribution in [1.82, 2.24) is 10.3 Å². The molecule has 2 nitrogen and oxygen atoms in total. The summed E-state index contributed by atoms with van der Waals surface area (Å²) in [6.45, 7) is 3.74. The van der Waals surface area contributed by atoms with E-state index in [0.717, 1.165) is 28.8 Å². The van der Waals surface area contributed by atoms with Crippen molar-refractivity contribution in [2.75, 3.05) is 0 Å². The largest absolute Gasteiger partial charge is 0.309 e. The Labute approximate surface area is 133 Å². The summed E-state index contributed by atoms with van der Waals surface area (Å²) in [5.41, 5.74) is 4.68. The van der Waals surface area contributed by atoms with E-state index < -0.39 is 0 Å². The number of aryl methyl sites for hydroxylation is 1. The lowest BCUT2D eigenvalue weighted by molar-refractivity contribution is 0.693. The maximum absolute atomic E-state index is 4.53. The summed E-state index contributed by atoms with van der Waals surface area (Å²) in [5.74, 6) is 0. The molecule has 0 saturated carbocycles. The monoisotopic (exact) mass is 340 g/mol. The van der Waals surface area contributed by atoms with E-state index in [1.807, 2.05) is 13.0 Å². The molecule has 0 bridgehead atoms. The van der Waals surface area contributed by atoms with Gasteiger partial charge >= 0.3 is 0 Å². The molecular weight excluding hydrogens is 324 g/mol. The van der Waals surface area contributed by atoms with Crippen LogP contribution in [0.4, 0.5) is 0 Å². The van der Waals surface area contributed by atoms with Gasteiger partial charge < -0.3 is 5.32 Å². The molecule has 3 aromatic rings. The Hall–Kier alpha value is -1.71. The van der Waals surface area contributed by atoms with Crippen molar-refractivity contribution < 1.29 is 0 Å². The van der Waals surface area contributed by atoms with Gasteiger partial charge in [-0.1, -0.05) is 40.2 Å². The first-order valence-electron chi connectivity index (χ1n) is 7.02. The quantitative estimate of drug-likeness (QED) is 0.750. The van der Waals surface area contributed by atoms with Gasteiger partial charge in [-0.2, -0.15) is 0 Å². The fourth-order valence-corrected chi connectivity index (χ4v) is 2.83. The Kier molecular flexibility index (Phi) is 4.32. The molecule has 1 heterocycles. The summed E-state index contributed by atoms with van der Waals surface area (Å²) in [7, 11) is 0. The maximum Gasteiger partial charge on any atom is 0.0705 e. The van der Waals surface area contributed by atoms with E-state index in [4.69, 9.17) is 0 Å². The van der Waals surface area contributed by atoms with Gasteiger partial charge in [-0.25, -0.2) is 0 Å². The van der Waals surface area contributed by atoms with E-state index in [9.17, 15) is 0 Å². The van der Waals surface area contributed by atoms with Crippen molar-refractivity contribution in [3.63, 3.8) is 0 Å². The van der Waals surface area contributed by atoms with Gasteiger partial charge in [0.05, 0.1) is 5.52 Å². The van der Waals surface area contributed by atoms with Gasteiger partial charge in [-0.3, -0.25) is 4.98 Å². The Morgan fingerprint density at radius 2 is 1.76 bits per heavy atom. The molecule has 0 fully saturated rings. The first kappa shape index (κ1) is 14.2. The summed E-state index contributed by atoms with van der Waals surface area (Å²) in [6.07, 6.45) is 0. The molecule has 3 heteroatoms. The first-order valence-corrected chi connectivity index (χ1v) is 7.81. The highest BCUT2D eigenvalue weighted by Crippen LogP contribution is 2.15. The Morgan fingerprint density at radius 1 is 0.952 bits per heavy atom. The SMILES string of the molecule is Cc1ccc2cc(CNCc3cccc(Br)c3)ccc2n1. The molecule has 0 atom stereocenters. The number of fused-ring (bicyclic) bond motifs is 1. The van der Waals surface area contributed by atoms with Crippen LogP contribution in [0.1, 0.15) is 16.8 Å². The van der Waals surface area contributed by atoms with Crippen LogP contribution in [-0.4, -0.2) is 4.98 Å². The van der Waals surface area contributed by atoms with Crippen molar-refractivity contribution >= 4 is 26.8 Å². The van der Waals surface area contributed by atoms with E-state index in [1.54, 1.807) is 0 Å².